The second kappa shape index (κ2) is 11.0. The van der Waals surface area contributed by atoms with E-state index >= 15 is 0 Å². The topological polar surface area (TPSA) is 24.8 Å². The van der Waals surface area contributed by atoms with Crippen LogP contribution in [0.25, 0.3) is 11.1 Å². The van der Waals surface area contributed by atoms with Crippen LogP contribution in [0.4, 0.5) is 10.1 Å². The average molecular weight is 467 g/mol. The van der Waals surface area contributed by atoms with Crippen molar-refractivity contribution in [3.05, 3.63) is 120 Å². The summed E-state index contributed by atoms with van der Waals surface area (Å²) in [5.41, 5.74) is 6.41. The molecule has 0 saturated heterocycles. The van der Waals surface area contributed by atoms with Gasteiger partial charge in [-0.15, -0.1) is 0 Å². The van der Waals surface area contributed by atoms with Crippen LogP contribution < -0.4 is 9.64 Å². The Kier molecular flexibility index (Phi) is 7.61. The molecule has 3 nitrogen and oxygen atoms in total. The summed E-state index contributed by atoms with van der Waals surface area (Å²) < 4.78 is 18.8. The van der Waals surface area contributed by atoms with Crippen molar-refractivity contribution in [2.45, 2.75) is 33.0 Å². The number of anilines is 1. The van der Waals surface area contributed by atoms with Gasteiger partial charge in [0.2, 0.25) is 0 Å². The quantitative estimate of drug-likeness (QED) is 0.298. The second-order valence-corrected chi connectivity index (χ2v) is 8.16. The number of halogens is 1. The first kappa shape index (κ1) is 24.2. The van der Waals surface area contributed by atoms with Crippen LogP contribution in [0.3, 0.4) is 0 Å². The molecule has 35 heavy (non-hydrogen) atoms. The van der Waals surface area contributed by atoms with Gasteiger partial charge >= 0.3 is 0 Å². The average Bonchev–Trinajstić information content (AvgIpc) is 3.28. The molecule has 0 bridgehead atoms. The monoisotopic (exact) mass is 466 g/mol. The summed E-state index contributed by atoms with van der Waals surface area (Å²) >= 11 is 0. The Morgan fingerprint density at radius 2 is 1.26 bits per heavy atom. The Labute approximate surface area is 207 Å². The fourth-order valence-corrected chi connectivity index (χ4v) is 4.42. The largest absolute Gasteiger partial charge is 0.497 e. The minimum atomic E-state index is -0.240. The lowest BCUT2D eigenvalue weighted by atomic mass is 10.0. The molecular formula is C31H31FN2O. The molecule has 2 unspecified atom stereocenters. The van der Waals surface area contributed by atoms with Gasteiger partial charge in [-0.2, -0.15) is 0 Å². The summed E-state index contributed by atoms with van der Waals surface area (Å²) in [6.45, 7) is 6.16. The summed E-state index contributed by atoms with van der Waals surface area (Å²) in [5, 5.41) is 0. The van der Waals surface area contributed by atoms with Crippen LogP contribution in [-0.2, 0) is 0 Å². The molecule has 1 aliphatic heterocycles. The first-order valence-corrected chi connectivity index (χ1v) is 12.1. The van der Waals surface area contributed by atoms with Gasteiger partial charge in [0.15, 0.2) is 0 Å². The van der Waals surface area contributed by atoms with Gasteiger partial charge in [-0.3, -0.25) is 4.99 Å². The predicted octanol–water partition coefficient (Wildman–Crippen LogP) is 7.92. The molecule has 0 saturated carbocycles. The van der Waals surface area contributed by atoms with Crippen LogP contribution in [0.15, 0.2) is 108 Å². The summed E-state index contributed by atoms with van der Waals surface area (Å²) in [7, 11) is 1.67. The van der Waals surface area contributed by atoms with E-state index in [0.717, 1.165) is 39.4 Å². The Morgan fingerprint density at radius 3 is 1.83 bits per heavy atom. The molecule has 0 N–H and O–H groups in total. The van der Waals surface area contributed by atoms with Crippen LogP contribution in [-0.4, -0.2) is 18.9 Å². The third-order valence-electron chi connectivity index (χ3n) is 6.16. The maximum atomic E-state index is 13.5. The van der Waals surface area contributed by atoms with Crippen LogP contribution in [0.1, 0.15) is 38.1 Å². The smallest absolute Gasteiger partial charge is 0.148 e. The maximum absolute atomic E-state index is 13.5. The number of hydrogen-bond donors (Lipinski definition) is 0. The summed E-state index contributed by atoms with van der Waals surface area (Å²) in [6, 6.07) is 33.6. The third-order valence-corrected chi connectivity index (χ3v) is 6.16. The Bertz CT molecular complexity index is 1250. The number of methoxy groups -OCH3 is 1. The molecule has 1 aliphatic rings. The summed E-state index contributed by atoms with van der Waals surface area (Å²) in [6.07, 6.45) is -0.145. The lowest BCUT2D eigenvalue weighted by molar-refractivity contribution is 0.415. The van der Waals surface area contributed by atoms with Gasteiger partial charge in [0, 0.05) is 5.69 Å². The first-order valence-electron chi connectivity index (χ1n) is 12.1. The Morgan fingerprint density at radius 1 is 0.714 bits per heavy atom. The molecule has 0 fully saturated rings. The third kappa shape index (κ3) is 5.12. The number of rotatable bonds is 5. The molecule has 178 valence electrons. The molecule has 0 amide bonds. The molecule has 0 aliphatic carbocycles. The summed E-state index contributed by atoms with van der Waals surface area (Å²) in [5.74, 6) is 0.605. The summed E-state index contributed by atoms with van der Waals surface area (Å²) in [4.78, 5) is 7.43. The molecule has 4 heteroatoms. The number of benzene rings is 4. The van der Waals surface area contributed by atoms with E-state index in [1.165, 1.54) is 12.1 Å². The lowest BCUT2D eigenvalue weighted by Crippen LogP contribution is -2.35. The minimum absolute atomic E-state index is 0.0347. The number of hydrogen-bond acceptors (Lipinski definition) is 3. The standard InChI is InChI=1S/C29H25FN2O.C2H6/c1-20-28(23-8-14-25(30)15-9-23)31-29(24-6-4-3-5-7-24)32(20)26-16-10-21(11-17-26)22-12-18-27(33-2)19-13-22;1-2/h3-20,29H,1-2H3;1-2H3. The van der Waals surface area contributed by atoms with E-state index in [1.807, 2.05) is 56.3 Å². The van der Waals surface area contributed by atoms with Crippen molar-refractivity contribution in [2.24, 2.45) is 4.99 Å². The van der Waals surface area contributed by atoms with E-state index in [0.29, 0.717) is 0 Å². The van der Waals surface area contributed by atoms with Gasteiger partial charge in [0.1, 0.15) is 17.7 Å². The highest BCUT2D eigenvalue weighted by Crippen LogP contribution is 2.38. The van der Waals surface area contributed by atoms with E-state index < -0.39 is 0 Å². The van der Waals surface area contributed by atoms with E-state index in [2.05, 4.69) is 60.4 Å². The van der Waals surface area contributed by atoms with Gasteiger partial charge in [-0.1, -0.05) is 80.6 Å². The second-order valence-electron chi connectivity index (χ2n) is 8.16. The van der Waals surface area contributed by atoms with Gasteiger partial charge in [-0.05, 0) is 65.6 Å². The SMILES string of the molecule is CC.COc1ccc(-c2ccc(N3C(C)C(c4ccc(F)cc4)=NC3c3ccccc3)cc2)cc1. The molecule has 5 rings (SSSR count). The Balaban J connectivity index is 0.00000141. The van der Waals surface area contributed by atoms with Crippen molar-refractivity contribution < 1.29 is 9.13 Å². The number of aliphatic imine (C=N–C) groups is 1. The zero-order chi connectivity index (χ0) is 24.8. The predicted molar refractivity (Wildman–Crippen MR) is 144 cm³/mol. The van der Waals surface area contributed by atoms with E-state index in [4.69, 9.17) is 9.73 Å². The molecule has 4 aromatic carbocycles. The van der Waals surface area contributed by atoms with Crippen LogP contribution in [0.5, 0.6) is 5.75 Å². The molecule has 1 heterocycles. The van der Waals surface area contributed by atoms with Crippen molar-refractivity contribution in [1.29, 1.82) is 0 Å². The van der Waals surface area contributed by atoms with Crippen molar-refractivity contribution in [2.75, 3.05) is 12.0 Å². The zero-order valence-corrected chi connectivity index (χ0v) is 20.7. The fraction of sp³-hybridized carbons (Fsp3) is 0.194. The molecule has 4 aromatic rings. The van der Waals surface area contributed by atoms with Gasteiger partial charge in [-0.25, -0.2) is 4.39 Å². The van der Waals surface area contributed by atoms with E-state index in [-0.39, 0.29) is 18.0 Å². The molecule has 0 radical (unpaired) electrons. The highest BCUT2D eigenvalue weighted by Gasteiger charge is 2.35. The minimum Gasteiger partial charge on any atom is -0.497 e. The van der Waals surface area contributed by atoms with Gasteiger partial charge < -0.3 is 9.64 Å². The van der Waals surface area contributed by atoms with Crippen LogP contribution >= 0.6 is 0 Å². The van der Waals surface area contributed by atoms with Gasteiger partial charge in [0.05, 0.1) is 18.9 Å². The van der Waals surface area contributed by atoms with Crippen LogP contribution in [0.2, 0.25) is 0 Å². The molecular weight excluding hydrogens is 435 g/mol. The molecule has 0 aromatic heterocycles. The normalized spacial score (nSPS) is 16.8. The molecule has 2 atom stereocenters. The van der Waals surface area contributed by atoms with E-state index in [1.54, 1.807) is 7.11 Å². The highest BCUT2D eigenvalue weighted by molar-refractivity contribution is 6.07. The zero-order valence-electron chi connectivity index (χ0n) is 20.7. The highest BCUT2D eigenvalue weighted by atomic mass is 19.1. The Hall–Kier alpha value is -3.92. The fourth-order valence-electron chi connectivity index (χ4n) is 4.42. The molecule has 0 spiro atoms. The van der Waals surface area contributed by atoms with E-state index in [9.17, 15) is 4.39 Å². The van der Waals surface area contributed by atoms with Crippen molar-refractivity contribution in [3.8, 4) is 16.9 Å². The van der Waals surface area contributed by atoms with Crippen molar-refractivity contribution >= 4 is 11.4 Å². The lowest BCUT2D eigenvalue weighted by Gasteiger charge is -2.30. The number of nitrogens with zero attached hydrogens (tertiary/aromatic N) is 2. The van der Waals surface area contributed by atoms with Crippen molar-refractivity contribution in [1.82, 2.24) is 0 Å². The number of ether oxygens (including phenoxy) is 1. The van der Waals surface area contributed by atoms with Crippen LogP contribution in [0, 0.1) is 5.82 Å². The van der Waals surface area contributed by atoms with Crippen molar-refractivity contribution in [3.63, 3.8) is 0 Å². The van der Waals surface area contributed by atoms with Gasteiger partial charge in [0.25, 0.3) is 0 Å². The first-order chi connectivity index (χ1) is 17.1. The maximum Gasteiger partial charge on any atom is 0.148 e.